The van der Waals surface area contributed by atoms with Gasteiger partial charge in [0.15, 0.2) is 0 Å². The summed E-state index contributed by atoms with van der Waals surface area (Å²) in [6.07, 6.45) is 0. The molecule has 0 saturated heterocycles. The highest BCUT2D eigenvalue weighted by molar-refractivity contribution is 9.11. The zero-order chi connectivity index (χ0) is 15.6. The number of rotatable bonds is 5. The molecule has 0 unspecified atom stereocenters. The molecule has 0 aliphatic carbocycles. The minimum absolute atomic E-state index is 0.141. The first-order valence-corrected chi connectivity index (χ1v) is 8.97. The Balaban J connectivity index is 2.44. The Bertz CT molecular complexity index is 742. The van der Waals surface area contributed by atoms with Crippen LogP contribution in [0.4, 0.5) is 5.69 Å². The number of thiophene rings is 1. The number of nitrogens with zero attached hydrogens (tertiary/aromatic N) is 1. The lowest BCUT2D eigenvalue weighted by molar-refractivity contribution is 0.285. The predicted molar refractivity (Wildman–Crippen MR) is 86.5 cm³/mol. The molecule has 1 aromatic heterocycles. The summed E-state index contributed by atoms with van der Waals surface area (Å²) < 4.78 is 32.1. The number of ether oxygens (including phenoxy) is 1. The predicted octanol–water partition coefficient (Wildman–Crippen LogP) is 2.84. The van der Waals surface area contributed by atoms with Crippen LogP contribution >= 0.6 is 27.3 Å². The van der Waals surface area contributed by atoms with Gasteiger partial charge in [0.05, 0.1) is 23.2 Å². The molecule has 0 atom stereocenters. The molecule has 8 heteroatoms. The highest BCUT2D eigenvalue weighted by Crippen LogP contribution is 2.35. The monoisotopic (exact) mass is 391 g/mol. The summed E-state index contributed by atoms with van der Waals surface area (Å²) in [4.78, 5) is 0.723. The summed E-state index contributed by atoms with van der Waals surface area (Å²) in [6, 6.07) is 8.27. The van der Waals surface area contributed by atoms with Crippen LogP contribution in [0.3, 0.4) is 0 Å². The lowest BCUT2D eigenvalue weighted by Gasteiger charge is -2.19. The van der Waals surface area contributed by atoms with E-state index in [9.17, 15) is 8.42 Å². The SMILES string of the molecule is COc1cccc(N(C)S(=O)(=O)c2cc(CO)sc2Br)c1. The lowest BCUT2D eigenvalue weighted by atomic mass is 10.3. The highest BCUT2D eigenvalue weighted by Gasteiger charge is 2.26. The number of aliphatic hydroxyl groups excluding tert-OH is 1. The first kappa shape index (κ1) is 16.3. The fraction of sp³-hybridized carbons (Fsp3) is 0.231. The third kappa shape index (κ3) is 3.23. The van der Waals surface area contributed by atoms with Crippen LogP contribution in [0.1, 0.15) is 4.88 Å². The molecule has 1 heterocycles. The van der Waals surface area contributed by atoms with Crippen molar-refractivity contribution < 1.29 is 18.3 Å². The van der Waals surface area contributed by atoms with Crippen LogP contribution in [0.5, 0.6) is 5.75 Å². The zero-order valence-electron chi connectivity index (χ0n) is 11.4. The molecule has 5 nitrogen and oxygen atoms in total. The molecule has 2 aromatic rings. The van der Waals surface area contributed by atoms with Crippen LogP contribution in [0.15, 0.2) is 39.0 Å². The van der Waals surface area contributed by atoms with Crippen molar-refractivity contribution in [1.29, 1.82) is 0 Å². The van der Waals surface area contributed by atoms with Crippen LogP contribution in [0.2, 0.25) is 0 Å². The second kappa shape index (κ2) is 6.35. The van der Waals surface area contributed by atoms with E-state index in [1.54, 1.807) is 24.3 Å². The Morgan fingerprint density at radius 1 is 1.38 bits per heavy atom. The molecule has 2 rings (SSSR count). The van der Waals surface area contributed by atoms with Crippen LogP contribution in [0.25, 0.3) is 0 Å². The van der Waals surface area contributed by atoms with Crippen molar-refractivity contribution in [2.24, 2.45) is 0 Å². The molecule has 0 saturated carbocycles. The molecule has 21 heavy (non-hydrogen) atoms. The minimum atomic E-state index is -3.71. The van der Waals surface area contributed by atoms with Crippen molar-refractivity contribution in [3.8, 4) is 5.75 Å². The van der Waals surface area contributed by atoms with Crippen molar-refractivity contribution in [1.82, 2.24) is 0 Å². The summed E-state index contributed by atoms with van der Waals surface area (Å²) in [7, 11) is -0.703. The molecule has 0 aliphatic heterocycles. The Morgan fingerprint density at radius 2 is 2.10 bits per heavy atom. The normalized spacial score (nSPS) is 11.4. The third-order valence-corrected chi connectivity index (χ3v) is 6.94. The van der Waals surface area contributed by atoms with Gasteiger partial charge in [-0.2, -0.15) is 0 Å². The van der Waals surface area contributed by atoms with Gasteiger partial charge in [-0.3, -0.25) is 4.31 Å². The summed E-state index contributed by atoms with van der Waals surface area (Å²) in [5.41, 5.74) is 0.498. The molecule has 0 bridgehead atoms. The van der Waals surface area contributed by atoms with Crippen molar-refractivity contribution in [2.45, 2.75) is 11.5 Å². The highest BCUT2D eigenvalue weighted by atomic mass is 79.9. The van der Waals surface area contributed by atoms with E-state index in [0.717, 1.165) is 0 Å². The first-order valence-electron chi connectivity index (χ1n) is 5.92. The van der Waals surface area contributed by atoms with Crippen LogP contribution in [-0.2, 0) is 16.6 Å². The number of aliphatic hydroxyl groups is 1. The van der Waals surface area contributed by atoms with Crippen LogP contribution < -0.4 is 9.04 Å². The average molecular weight is 392 g/mol. The van der Waals surface area contributed by atoms with Crippen molar-refractivity contribution in [3.05, 3.63) is 39.0 Å². The number of halogens is 1. The van der Waals surface area contributed by atoms with Gasteiger partial charge in [-0.15, -0.1) is 11.3 Å². The molecule has 0 radical (unpaired) electrons. The van der Waals surface area contributed by atoms with Gasteiger partial charge in [-0.05, 0) is 34.1 Å². The minimum Gasteiger partial charge on any atom is -0.497 e. The summed E-state index contributed by atoms with van der Waals surface area (Å²) in [6.45, 7) is -0.193. The number of hydrogen-bond donors (Lipinski definition) is 1. The number of anilines is 1. The second-order valence-corrected chi connectivity index (χ2v) is 8.58. The molecular weight excluding hydrogens is 378 g/mol. The summed E-state index contributed by atoms with van der Waals surface area (Å²) >= 11 is 4.44. The van der Waals surface area contributed by atoms with Gasteiger partial charge in [0.2, 0.25) is 0 Å². The van der Waals surface area contributed by atoms with Crippen LogP contribution in [-0.4, -0.2) is 27.7 Å². The molecule has 1 N–H and O–H groups in total. The quantitative estimate of drug-likeness (QED) is 0.850. The second-order valence-electron chi connectivity index (χ2n) is 4.18. The Kier molecular flexibility index (Phi) is 4.92. The number of methoxy groups -OCH3 is 1. The molecule has 1 aromatic carbocycles. The van der Waals surface area contributed by atoms with Crippen molar-refractivity contribution in [2.75, 3.05) is 18.5 Å². The molecule has 0 spiro atoms. The van der Waals surface area contributed by atoms with Gasteiger partial charge in [-0.1, -0.05) is 6.07 Å². The van der Waals surface area contributed by atoms with Crippen LogP contribution in [0, 0.1) is 0 Å². The maximum Gasteiger partial charge on any atom is 0.266 e. The van der Waals surface area contributed by atoms with E-state index in [4.69, 9.17) is 9.84 Å². The third-order valence-electron chi connectivity index (χ3n) is 2.92. The smallest absolute Gasteiger partial charge is 0.266 e. The van der Waals surface area contributed by atoms with E-state index in [-0.39, 0.29) is 11.5 Å². The van der Waals surface area contributed by atoms with Gasteiger partial charge in [0.1, 0.15) is 10.6 Å². The summed E-state index contributed by atoms with van der Waals surface area (Å²) in [5, 5.41) is 9.13. The number of hydrogen-bond acceptors (Lipinski definition) is 5. The average Bonchev–Trinajstić information content (AvgIpc) is 2.88. The standard InChI is InChI=1S/C13H14BrNO4S2/c1-15(9-4-3-5-10(6-9)19-2)21(17,18)12-7-11(8-16)20-13(12)14/h3-7,16H,8H2,1-2H3. The van der Waals surface area contributed by atoms with Gasteiger partial charge in [0.25, 0.3) is 10.0 Å². The van der Waals surface area contributed by atoms with Crippen molar-refractivity contribution >= 4 is 43.0 Å². The van der Waals surface area contributed by atoms with E-state index in [1.807, 2.05) is 0 Å². The van der Waals surface area contributed by atoms with Gasteiger partial charge < -0.3 is 9.84 Å². The molecule has 0 aliphatic rings. The molecule has 114 valence electrons. The maximum atomic E-state index is 12.7. The van der Waals surface area contributed by atoms with E-state index in [0.29, 0.717) is 20.1 Å². The largest absolute Gasteiger partial charge is 0.497 e. The van der Waals surface area contributed by atoms with Gasteiger partial charge in [-0.25, -0.2) is 8.42 Å². The van der Waals surface area contributed by atoms with Gasteiger partial charge in [0, 0.05) is 18.0 Å². The Morgan fingerprint density at radius 3 is 2.67 bits per heavy atom. The first-order chi connectivity index (χ1) is 9.90. The topological polar surface area (TPSA) is 66.8 Å². The molecule has 0 amide bonds. The Labute approximate surface area is 136 Å². The summed E-state index contributed by atoms with van der Waals surface area (Å²) in [5.74, 6) is 0.579. The molecule has 0 fully saturated rings. The van der Waals surface area contributed by atoms with E-state index in [2.05, 4.69) is 15.9 Å². The van der Waals surface area contributed by atoms with E-state index >= 15 is 0 Å². The van der Waals surface area contributed by atoms with Crippen molar-refractivity contribution in [3.63, 3.8) is 0 Å². The van der Waals surface area contributed by atoms with Gasteiger partial charge >= 0.3 is 0 Å². The fourth-order valence-electron chi connectivity index (χ4n) is 1.74. The van der Waals surface area contributed by atoms with E-state index < -0.39 is 10.0 Å². The lowest BCUT2D eigenvalue weighted by Crippen LogP contribution is -2.26. The fourth-order valence-corrected chi connectivity index (χ4v) is 5.42. The maximum absolute atomic E-state index is 12.7. The molecular formula is C13H14BrNO4S2. The number of benzene rings is 1. The number of sulfonamides is 1. The van der Waals surface area contributed by atoms with E-state index in [1.165, 1.54) is 35.9 Å². The Hall–Kier alpha value is -1.09. The zero-order valence-corrected chi connectivity index (χ0v) is 14.6.